The summed E-state index contributed by atoms with van der Waals surface area (Å²) in [5.41, 5.74) is -0.416. The highest BCUT2D eigenvalue weighted by Gasteiger charge is 2.44. The molecule has 0 aromatic heterocycles. The minimum Gasteiger partial charge on any atom is -0.507 e. The zero-order valence-electron chi connectivity index (χ0n) is 12.3. The van der Waals surface area contributed by atoms with E-state index in [9.17, 15) is 15.0 Å². The van der Waals surface area contributed by atoms with E-state index in [1.807, 2.05) is 27.7 Å². The molecule has 0 saturated heterocycles. The van der Waals surface area contributed by atoms with E-state index in [1.165, 1.54) is 4.90 Å². The Kier molecular flexibility index (Phi) is 3.32. The SMILES string of the molecule is CC(C)(C)C1(C)CN(C(=O)O)Cc2c(O)cccc2O1. The van der Waals surface area contributed by atoms with E-state index in [0.717, 1.165) is 0 Å². The molecule has 0 fully saturated rings. The first kappa shape index (κ1) is 14.5. The van der Waals surface area contributed by atoms with Gasteiger partial charge in [0.25, 0.3) is 0 Å². The van der Waals surface area contributed by atoms with Crippen molar-refractivity contribution in [3.8, 4) is 11.5 Å². The van der Waals surface area contributed by atoms with Crippen LogP contribution < -0.4 is 4.74 Å². The number of carboxylic acid groups (broad SMARTS) is 1. The Morgan fingerprint density at radius 3 is 2.60 bits per heavy atom. The monoisotopic (exact) mass is 279 g/mol. The standard InChI is InChI=1S/C15H21NO4/c1-14(2,3)15(4)9-16(13(18)19)8-10-11(17)6-5-7-12(10)20-15/h5-7,17H,8-9H2,1-4H3,(H,18,19). The van der Waals surface area contributed by atoms with Crippen molar-refractivity contribution in [3.63, 3.8) is 0 Å². The fourth-order valence-corrected chi connectivity index (χ4v) is 2.22. The number of amides is 1. The number of nitrogens with zero attached hydrogens (tertiary/aromatic N) is 1. The Labute approximate surface area is 118 Å². The number of phenols is 1. The maximum Gasteiger partial charge on any atom is 0.407 e. The van der Waals surface area contributed by atoms with E-state index in [2.05, 4.69) is 0 Å². The lowest BCUT2D eigenvalue weighted by Gasteiger charge is -2.42. The highest BCUT2D eigenvalue weighted by molar-refractivity contribution is 5.66. The van der Waals surface area contributed by atoms with Crippen LogP contribution in [0.2, 0.25) is 0 Å². The largest absolute Gasteiger partial charge is 0.507 e. The van der Waals surface area contributed by atoms with E-state index in [0.29, 0.717) is 11.3 Å². The van der Waals surface area contributed by atoms with Gasteiger partial charge in [-0.1, -0.05) is 26.8 Å². The van der Waals surface area contributed by atoms with Crippen molar-refractivity contribution in [1.29, 1.82) is 0 Å². The normalized spacial score (nSPS) is 22.7. The molecular formula is C15H21NO4. The third kappa shape index (κ3) is 2.40. The topological polar surface area (TPSA) is 70.0 Å². The lowest BCUT2D eigenvalue weighted by Crippen LogP contribution is -2.53. The molecule has 2 rings (SSSR count). The van der Waals surface area contributed by atoms with Gasteiger partial charge in [-0.25, -0.2) is 4.79 Å². The minimum absolute atomic E-state index is 0.0620. The quantitative estimate of drug-likeness (QED) is 0.765. The molecule has 5 heteroatoms. The molecule has 0 saturated carbocycles. The summed E-state index contributed by atoms with van der Waals surface area (Å²) < 4.78 is 6.11. The molecule has 5 nitrogen and oxygen atoms in total. The smallest absolute Gasteiger partial charge is 0.407 e. The van der Waals surface area contributed by atoms with Gasteiger partial charge in [0.05, 0.1) is 18.7 Å². The molecule has 1 atom stereocenters. The van der Waals surface area contributed by atoms with Crippen LogP contribution in [0.3, 0.4) is 0 Å². The average Bonchev–Trinajstić information content (AvgIpc) is 2.46. The maximum atomic E-state index is 11.4. The second-order valence-electron chi connectivity index (χ2n) is 6.48. The van der Waals surface area contributed by atoms with Gasteiger partial charge in [-0.3, -0.25) is 4.90 Å². The van der Waals surface area contributed by atoms with E-state index in [4.69, 9.17) is 4.74 Å². The molecule has 0 spiro atoms. The predicted octanol–water partition coefficient (Wildman–Crippen LogP) is 3.07. The third-order valence-corrected chi connectivity index (χ3v) is 4.14. The number of benzene rings is 1. The predicted molar refractivity (Wildman–Crippen MR) is 75.0 cm³/mol. The van der Waals surface area contributed by atoms with E-state index in [1.54, 1.807) is 18.2 Å². The summed E-state index contributed by atoms with van der Waals surface area (Å²) >= 11 is 0. The third-order valence-electron chi connectivity index (χ3n) is 4.14. The number of carbonyl (C=O) groups is 1. The van der Waals surface area contributed by atoms with Gasteiger partial charge in [-0.05, 0) is 19.1 Å². The molecule has 1 aliphatic heterocycles. The van der Waals surface area contributed by atoms with E-state index < -0.39 is 11.7 Å². The Morgan fingerprint density at radius 1 is 1.40 bits per heavy atom. The van der Waals surface area contributed by atoms with Crippen LogP contribution in [0.15, 0.2) is 18.2 Å². The van der Waals surface area contributed by atoms with Gasteiger partial charge in [0, 0.05) is 5.41 Å². The molecular weight excluding hydrogens is 258 g/mol. The number of phenolic OH excluding ortho intramolecular Hbond substituents is 1. The van der Waals surface area contributed by atoms with Gasteiger partial charge >= 0.3 is 6.09 Å². The lowest BCUT2D eigenvalue weighted by molar-refractivity contribution is -0.0326. The van der Waals surface area contributed by atoms with Crippen LogP contribution in [0, 0.1) is 5.41 Å². The second-order valence-corrected chi connectivity index (χ2v) is 6.48. The van der Waals surface area contributed by atoms with Crippen molar-refractivity contribution >= 4 is 6.09 Å². The van der Waals surface area contributed by atoms with Gasteiger partial charge in [0.15, 0.2) is 0 Å². The highest BCUT2D eigenvalue weighted by atomic mass is 16.5. The summed E-state index contributed by atoms with van der Waals surface area (Å²) in [5, 5.41) is 19.3. The molecule has 1 aromatic rings. The number of aromatic hydroxyl groups is 1. The van der Waals surface area contributed by atoms with E-state index in [-0.39, 0.29) is 24.3 Å². The molecule has 0 bridgehead atoms. The Balaban J connectivity index is 2.54. The van der Waals surface area contributed by atoms with Crippen molar-refractivity contribution < 1.29 is 19.7 Å². The van der Waals surface area contributed by atoms with Gasteiger partial charge in [-0.2, -0.15) is 0 Å². The van der Waals surface area contributed by atoms with Crippen molar-refractivity contribution in [3.05, 3.63) is 23.8 Å². The maximum absolute atomic E-state index is 11.4. The van der Waals surface area contributed by atoms with E-state index >= 15 is 0 Å². The van der Waals surface area contributed by atoms with Crippen molar-refractivity contribution in [2.24, 2.45) is 5.41 Å². The van der Waals surface area contributed by atoms with Gasteiger partial charge in [-0.15, -0.1) is 0 Å². The molecule has 1 aromatic carbocycles. The van der Waals surface area contributed by atoms with Crippen LogP contribution in [0.4, 0.5) is 4.79 Å². The number of hydrogen-bond acceptors (Lipinski definition) is 3. The minimum atomic E-state index is -1.01. The fourth-order valence-electron chi connectivity index (χ4n) is 2.22. The first-order valence-electron chi connectivity index (χ1n) is 6.62. The summed E-state index contributed by atoms with van der Waals surface area (Å²) in [6.07, 6.45) is -1.01. The van der Waals surface area contributed by atoms with Crippen LogP contribution in [-0.4, -0.2) is 33.4 Å². The first-order valence-corrected chi connectivity index (χ1v) is 6.62. The molecule has 1 aliphatic rings. The van der Waals surface area contributed by atoms with Crippen LogP contribution in [-0.2, 0) is 6.54 Å². The number of fused-ring (bicyclic) bond motifs is 1. The van der Waals surface area contributed by atoms with Crippen LogP contribution in [0.5, 0.6) is 11.5 Å². The fraction of sp³-hybridized carbons (Fsp3) is 0.533. The summed E-state index contributed by atoms with van der Waals surface area (Å²) in [6.45, 7) is 8.33. The van der Waals surface area contributed by atoms with Crippen LogP contribution in [0.1, 0.15) is 33.3 Å². The van der Waals surface area contributed by atoms with Crippen molar-refractivity contribution in [2.45, 2.75) is 39.8 Å². The molecule has 110 valence electrons. The lowest BCUT2D eigenvalue weighted by atomic mass is 9.77. The van der Waals surface area contributed by atoms with Crippen LogP contribution >= 0.6 is 0 Å². The molecule has 0 radical (unpaired) electrons. The summed E-state index contributed by atoms with van der Waals surface area (Å²) in [7, 11) is 0. The van der Waals surface area contributed by atoms with Crippen molar-refractivity contribution in [1.82, 2.24) is 4.90 Å². The van der Waals surface area contributed by atoms with Gasteiger partial charge < -0.3 is 14.9 Å². The Bertz CT molecular complexity index is 535. The highest BCUT2D eigenvalue weighted by Crippen LogP contribution is 2.41. The van der Waals surface area contributed by atoms with Gasteiger partial charge in [0.2, 0.25) is 0 Å². The molecule has 1 heterocycles. The van der Waals surface area contributed by atoms with Crippen molar-refractivity contribution in [2.75, 3.05) is 6.54 Å². The zero-order valence-corrected chi connectivity index (χ0v) is 12.3. The number of rotatable bonds is 0. The first-order chi connectivity index (χ1) is 9.14. The number of hydrogen-bond donors (Lipinski definition) is 2. The summed E-state index contributed by atoms with van der Waals surface area (Å²) in [5.74, 6) is 0.609. The average molecular weight is 279 g/mol. The second kappa shape index (κ2) is 4.58. The van der Waals surface area contributed by atoms with Crippen LogP contribution in [0.25, 0.3) is 0 Å². The molecule has 0 aliphatic carbocycles. The Morgan fingerprint density at radius 2 is 2.05 bits per heavy atom. The molecule has 2 N–H and O–H groups in total. The molecule has 1 amide bonds. The van der Waals surface area contributed by atoms with Gasteiger partial charge in [0.1, 0.15) is 17.1 Å². The molecule has 20 heavy (non-hydrogen) atoms. The zero-order chi connectivity index (χ0) is 15.1. The summed E-state index contributed by atoms with van der Waals surface area (Å²) in [6, 6.07) is 5.01. The summed E-state index contributed by atoms with van der Waals surface area (Å²) in [4.78, 5) is 12.7. The Hall–Kier alpha value is -1.91. The molecule has 1 unspecified atom stereocenters. The number of ether oxygens (including phenoxy) is 1.